The van der Waals surface area contributed by atoms with Gasteiger partial charge in [-0.1, -0.05) is 5.16 Å². The number of nitrogens with zero attached hydrogens (tertiary/aromatic N) is 2. The average molecular weight is 451 g/mol. The highest BCUT2D eigenvalue weighted by molar-refractivity contribution is 7.15. The summed E-state index contributed by atoms with van der Waals surface area (Å²) in [6.45, 7) is 3.96. The van der Waals surface area contributed by atoms with E-state index < -0.39 is 0 Å². The molecule has 2 aromatic heterocycles. The molecule has 0 unspecified atom stereocenters. The summed E-state index contributed by atoms with van der Waals surface area (Å²) in [5.74, 6) is 0.494. The molecule has 0 radical (unpaired) electrons. The van der Waals surface area contributed by atoms with Gasteiger partial charge in [-0.15, -0.1) is 11.3 Å². The second-order valence-corrected chi connectivity index (χ2v) is 9.56. The van der Waals surface area contributed by atoms with Crippen molar-refractivity contribution in [1.82, 2.24) is 4.57 Å². The third kappa shape index (κ3) is 3.54. The highest BCUT2D eigenvalue weighted by atomic mass is 32.1. The van der Waals surface area contributed by atoms with Crippen LogP contribution in [0.2, 0.25) is 0 Å². The minimum absolute atomic E-state index is 0.204. The summed E-state index contributed by atoms with van der Waals surface area (Å²) in [6, 6.07) is 6.32. The fraction of sp³-hybridized carbons (Fsp3) is 0.400. The highest BCUT2D eigenvalue weighted by Crippen LogP contribution is 2.45. The van der Waals surface area contributed by atoms with Crippen molar-refractivity contribution in [3.8, 4) is 16.2 Å². The maximum absolute atomic E-state index is 13.1. The molecule has 2 heterocycles. The first-order chi connectivity index (χ1) is 15.5. The molecule has 0 spiro atoms. The highest BCUT2D eigenvalue weighted by Gasteiger charge is 2.29. The SMILES string of the molecule is CCO/N=C1\CCc2sc(-c3ccc4c(=O)c(C(C)=O)cn(C5CC5)c4c3OC)cc2C1. The van der Waals surface area contributed by atoms with Crippen LogP contribution in [-0.4, -0.2) is 29.8 Å². The Kier molecular flexibility index (Phi) is 5.37. The predicted molar refractivity (Wildman–Crippen MR) is 127 cm³/mol. The Morgan fingerprint density at radius 3 is 2.78 bits per heavy atom. The number of rotatable bonds is 6. The number of oxime groups is 1. The number of aryl methyl sites for hydroxylation is 1. The van der Waals surface area contributed by atoms with Crippen molar-refractivity contribution in [3.63, 3.8) is 0 Å². The molecule has 1 fully saturated rings. The van der Waals surface area contributed by atoms with Crippen LogP contribution in [0, 0.1) is 0 Å². The molecule has 32 heavy (non-hydrogen) atoms. The van der Waals surface area contributed by atoms with E-state index >= 15 is 0 Å². The van der Waals surface area contributed by atoms with Crippen molar-refractivity contribution in [2.75, 3.05) is 13.7 Å². The van der Waals surface area contributed by atoms with Crippen molar-refractivity contribution < 1.29 is 14.4 Å². The van der Waals surface area contributed by atoms with E-state index in [1.165, 1.54) is 17.4 Å². The van der Waals surface area contributed by atoms with Crippen molar-refractivity contribution in [3.05, 3.63) is 50.6 Å². The van der Waals surface area contributed by atoms with Crippen LogP contribution in [0.25, 0.3) is 21.3 Å². The van der Waals surface area contributed by atoms with Gasteiger partial charge in [0, 0.05) is 34.0 Å². The minimum atomic E-state index is -0.225. The number of hydrogen-bond acceptors (Lipinski definition) is 6. The Hall–Kier alpha value is -2.93. The van der Waals surface area contributed by atoms with Crippen LogP contribution in [0.4, 0.5) is 0 Å². The Labute approximate surface area is 190 Å². The van der Waals surface area contributed by atoms with Gasteiger partial charge in [-0.2, -0.15) is 0 Å². The number of carbonyl (C=O) groups is 1. The van der Waals surface area contributed by atoms with E-state index in [4.69, 9.17) is 9.57 Å². The standard InChI is InChI=1S/C25H26N2O4S/c1-4-31-26-16-5-10-21-15(11-16)12-22(32-21)18-8-9-19-23(25(18)30-3)27(17-6-7-17)13-20(14(2)28)24(19)29/h8-9,12-13,17H,4-7,10-11H2,1-3H3/b26-16+. The van der Waals surface area contributed by atoms with Gasteiger partial charge in [0.25, 0.3) is 0 Å². The van der Waals surface area contributed by atoms with Crippen LogP contribution in [0.5, 0.6) is 5.75 Å². The van der Waals surface area contributed by atoms with Gasteiger partial charge in [-0.05, 0) is 63.3 Å². The summed E-state index contributed by atoms with van der Waals surface area (Å²) in [6.07, 6.45) is 6.48. The molecule has 5 rings (SSSR count). The number of aromatic nitrogens is 1. The number of hydrogen-bond donors (Lipinski definition) is 0. The molecule has 3 aromatic rings. The maximum atomic E-state index is 13.1. The van der Waals surface area contributed by atoms with Crippen LogP contribution in [0.1, 0.15) is 60.0 Å². The largest absolute Gasteiger partial charge is 0.494 e. The zero-order chi connectivity index (χ0) is 22.4. The van der Waals surface area contributed by atoms with E-state index in [9.17, 15) is 9.59 Å². The lowest BCUT2D eigenvalue weighted by atomic mass is 9.96. The monoisotopic (exact) mass is 450 g/mol. The summed E-state index contributed by atoms with van der Waals surface area (Å²) >= 11 is 1.78. The molecule has 0 bridgehead atoms. The number of carbonyl (C=O) groups excluding carboxylic acids is 1. The lowest BCUT2D eigenvalue weighted by Crippen LogP contribution is -2.18. The number of ketones is 1. The van der Waals surface area contributed by atoms with Gasteiger partial charge in [0.2, 0.25) is 0 Å². The van der Waals surface area contributed by atoms with E-state index in [-0.39, 0.29) is 16.8 Å². The quantitative estimate of drug-likeness (QED) is 0.384. The normalized spacial score (nSPS) is 16.9. The molecule has 7 heteroatoms. The van der Waals surface area contributed by atoms with E-state index in [0.29, 0.717) is 23.8 Å². The van der Waals surface area contributed by atoms with Gasteiger partial charge in [0.1, 0.15) is 6.61 Å². The van der Waals surface area contributed by atoms with Crippen LogP contribution >= 0.6 is 11.3 Å². The Balaban J connectivity index is 1.66. The smallest absolute Gasteiger partial charge is 0.200 e. The molecule has 0 N–H and O–H groups in total. The van der Waals surface area contributed by atoms with E-state index in [1.807, 2.05) is 19.1 Å². The molecule has 2 aliphatic carbocycles. The summed E-state index contributed by atoms with van der Waals surface area (Å²) in [5, 5.41) is 4.80. The average Bonchev–Trinajstić information content (AvgIpc) is 3.55. The summed E-state index contributed by atoms with van der Waals surface area (Å²) in [7, 11) is 1.65. The summed E-state index contributed by atoms with van der Waals surface area (Å²) in [4.78, 5) is 32.9. The molecular weight excluding hydrogens is 424 g/mol. The van der Waals surface area contributed by atoms with Crippen LogP contribution in [0.3, 0.4) is 0 Å². The molecule has 2 aliphatic rings. The molecule has 0 amide bonds. The zero-order valence-corrected chi connectivity index (χ0v) is 19.4. The van der Waals surface area contributed by atoms with Gasteiger partial charge in [-0.3, -0.25) is 9.59 Å². The van der Waals surface area contributed by atoms with Crippen molar-refractivity contribution in [2.24, 2.45) is 5.16 Å². The van der Waals surface area contributed by atoms with Crippen molar-refractivity contribution in [2.45, 2.75) is 52.0 Å². The predicted octanol–water partition coefficient (Wildman–Crippen LogP) is 5.16. The third-order valence-electron chi connectivity index (χ3n) is 6.19. The molecule has 6 nitrogen and oxygen atoms in total. The molecular formula is C25H26N2O4S. The van der Waals surface area contributed by atoms with Gasteiger partial charge < -0.3 is 14.1 Å². The molecule has 1 aromatic carbocycles. The molecule has 1 saturated carbocycles. The van der Waals surface area contributed by atoms with Gasteiger partial charge in [0.05, 0.1) is 29.3 Å². The number of thiophene rings is 1. The molecule has 0 aliphatic heterocycles. The molecule has 166 valence electrons. The third-order valence-corrected chi connectivity index (χ3v) is 7.46. The molecule has 0 saturated heterocycles. The minimum Gasteiger partial charge on any atom is -0.494 e. The number of methoxy groups -OCH3 is 1. The first-order valence-electron chi connectivity index (χ1n) is 11.1. The Bertz CT molecular complexity index is 1310. The van der Waals surface area contributed by atoms with Gasteiger partial charge in [-0.25, -0.2) is 0 Å². The zero-order valence-electron chi connectivity index (χ0n) is 18.6. The van der Waals surface area contributed by atoms with Crippen molar-refractivity contribution >= 4 is 33.7 Å². The number of benzene rings is 1. The topological polar surface area (TPSA) is 69.9 Å². The second-order valence-electron chi connectivity index (χ2n) is 8.42. The van der Waals surface area contributed by atoms with Gasteiger partial charge in [0.15, 0.2) is 17.0 Å². The van der Waals surface area contributed by atoms with Crippen LogP contribution < -0.4 is 10.2 Å². The number of ether oxygens (including phenoxy) is 1. The van der Waals surface area contributed by atoms with E-state index in [0.717, 1.165) is 53.8 Å². The number of pyridine rings is 1. The number of fused-ring (bicyclic) bond motifs is 2. The molecule has 0 atom stereocenters. The number of Topliss-reactive ketones (excluding diaryl/α,β-unsaturated/α-hetero) is 1. The summed E-state index contributed by atoms with van der Waals surface area (Å²) in [5.41, 5.74) is 4.14. The van der Waals surface area contributed by atoms with Crippen molar-refractivity contribution in [1.29, 1.82) is 0 Å². The maximum Gasteiger partial charge on any atom is 0.200 e. The fourth-order valence-electron chi connectivity index (χ4n) is 4.47. The second kappa shape index (κ2) is 8.20. The van der Waals surface area contributed by atoms with E-state index in [1.54, 1.807) is 24.6 Å². The Morgan fingerprint density at radius 1 is 1.28 bits per heavy atom. The van der Waals surface area contributed by atoms with Crippen LogP contribution in [-0.2, 0) is 17.7 Å². The van der Waals surface area contributed by atoms with Gasteiger partial charge >= 0.3 is 0 Å². The first-order valence-corrected chi connectivity index (χ1v) is 11.9. The van der Waals surface area contributed by atoms with E-state index in [2.05, 4.69) is 15.8 Å². The van der Waals surface area contributed by atoms with Crippen LogP contribution in [0.15, 0.2) is 34.3 Å². The Morgan fingerprint density at radius 2 is 2.09 bits per heavy atom. The lowest BCUT2D eigenvalue weighted by molar-refractivity contribution is 0.101. The summed E-state index contributed by atoms with van der Waals surface area (Å²) < 4.78 is 7.99. The lowest BCUT2D eigenvalue weighted by Gasteiger charge is -2.17. The first kappa shape index (κ1) is 20.9. The fourth-order valence-corrected chi connectivity index (χ4v) is 5.67.